The molecule has 2 amide bonds. The van der Waals surface area contributed by atoms with Crippen molar-refractivity contribution >= 4 is 11.8 Å². The molecule has 2 unspecified atom stereocenters. The van der Waals surface area contributed by atoms with Crippen LogP contribution in [0.2, 0.25) is 0 Å². The van der Waals surface area contributed by atoms with Crippen molar-refractivity contribution in [1.82, 2.24) is 9.80 Å². The van der Waals surface area contributed by atoms with Crippen LogP contribution in [0.4, 0.5) is 4.39 Å². The molecule has 142 valence electrons. The maximum Gasteiger partial charge on any atom is 0.253 e. The van der Waals surface area contributed by atoms with E-state index in [0.717, 1.165) is 25.7 Å². The van der Waals surface area contributed by atoms with Crippen LogP contribution in [0.25, 0.3) is 0 Å². The van der Waals surface area contributed by atoms with Gasteiger partial charge in [0.25, 0.3) is 5.91 Å². The molecule has 0 radical (unpaired) electrons. The largest absolute Gasteiger partial charge is 0.378 e. The fourth-order valence-electron chi connectivity index (χ4n) is 3.76. The molecule has 3 rings (SSSR count). The molecule has 2 fully saturated rings. The number of halogens is 1. The van der Waals surface area contributed by atoms with Gasteiger partial charge in [-0.25, -0.2) is 4.39 Å². The molecule has 1 aromatic rings. The van der Waals surface area contributed by atoms with Gasteiger partial charge in [-0.3, -0.25) is 9.59 Å². The molecule has 0 aromatic heterocycles. The summed E-state index contributed by atoms with van der Waals surface area (Å²) in [4.78, 5) is 29.2. The van der Waals surface area contributed by atoms with E-state index >= 15 is 0 Å². The highest BCUT2D eigenvalue weighted by molar-refractivity contribution is 5.94. The van der Waals surface area contributed by atoms with Crippen LogP contribution in [0.5, 0.6) is 0 Å². The predicted octanol–water partition coefficient (Wildman–Crippen LogP) is 2.71. The standard InChI is InChI=1S/C20H27FN2O3/c1-2-18-14-16(8-13-26-18)20(25)23-10-3-9-22(11-12-23)19(24)15-4-6-17(21)7-5-15/h4-7,16,18H,2-3,8-14H2,1H3. The molecule has 0 bridgehead atoms. The summed E-state index contributed by atoms with van der Waals surface area (Å²) >= 11 is 0. The van der Waals surface area contributed by atoms with Crippen molar-refractivity contribution in [1.29, 1.82) is 0 Å². The topological polar surface area (TPSA) is 49.9 Å². The molecule has 2 heterocycles. The summed E-state index contributed by atoms with van der Waals surface area (Å²) in [5.74, 6) is -0.219. The Bertz CT molecular complexity index is 634. The van der Waals surface area contributed by atoms with Gasteiger partial charge in [-0.1, -0.05) is 6.92 Å². The van der Waals surface area contributed by atoms with E-state index < -0.39 is 0 Å². The highest BCUT2D eigenvalue weighted by Gasteiger charge is 2.31. The average Bonchev–Trinajstić information content (AvgIpc) is 2.93. The molecule has 2 aliphatic rings. The highest BCUT2D eigenvalue weighted by atomic mass is 19.1. The van der Waals surface area contributed by atoms with Crippen molar-refractivity contribution in [3.8, 4) is 0 Å². The van der Waals surface area contributed by atoms with Crippen LogP contribution in [0, 0.1) is 11.7 Å². The Balaban J connectivity index is 1.58. The van der Waals surface area contributed by atoms with E-state index in [-0.39, 0.29) is 29.7 Å². The van der Waals surface area contributed by atoms with Crippen molar-refractivity contribution in [3.05, 3.63) is 35.6 Å². The summed E-state index contributed by atoms with van der Waals surface area (Å²) in [6.45, 7) is 5.11. The van der Waals surface area contributed by atoms with Crippen LogP contribution in [0.1, 0.15) is 43.0 Å². The Hall–Kier alpha value is -1.95. The van der Waals surface area contributed by atoms with Gasteiger partial charge >= 0.3 is 0 Å². The minimum atomic E-state index is -0.351. The number of hydrogen-bond donors (Lipinski definition) is 0. The molecular formula is C20H27FN2O3. The molecular weight excluding hydrogens is 335 g/mol. The van der Waals surface area contributed by atoms with Gasteiger partial charge < -0.3 is 14.5 Å². The van der Waals surface area contributed by atoms with Crippen LogP contribution in [-0.4, -0.2) is 60.5 Å². The quantitative estimate of drug-likeness (QED) is 0.831. The van der Waals surface area contributed by atoms with E-state index in [2.05, 4.69) is 6.92 Å². The fourth-order valence-corrected chi connectivity index (χ4v) is 3.76. The number of hydrogen-bond acceptors (Lipinski definition) is 3. The number of nitrogens with zero attached hydrogens (tertiary/aromatic N) is 2. The number of amides is 2. The number of rotatable bonds is 3. The first kappa shape index (κ1) is 18.8. The minimum Gasteiger partial charge on any atom is -0.378 e. The van der Waals surface area contributed by atoms with Crippen molar-refractivity contribution in [3.63, 3.8) is 0 Å². The van der Waals surface area contributed by atoms with E-state index in [1.165, 1.54) is 24.3 Å². The maximum absolute atomic E-state index is 13.0. The van der Waals surface area contributed by atoms with Gasteiger partial charge in [0.15, 0.2) is 0 Å². The van der Waals surface area contributed by atoms with E-state index in [1.807, 2.05) is 4.90 Å². The predicted molar refractivity (Wildman–Crippen MR) is 96.3 cm³/mol. The summed E-state index contributed by atoms with van der Waals surface area (Å²) in [5.41, 5.74) is 0.487. The third kappa shape index (κ3) is 4.41. The molecule has 0 saturated carbocycles. The second kappa shape index (κ2) is 8.62. The Morgan fingerprint density at radius 2 is 1.81 bits per heavy atom. The van der Waals surface area contributed by atoms with Gasteiger partial charge in [0.05, 0.1) is 6.10 Å². The number of carbonyl (C=O) groups excluding carboxylic acids is 2. The van der Waals surface area contributed by atoms with Crippen LogP contribution in [-0.2, 0) is 9.53 Å². The molecule has 2 aliphatic heterocycles. The molecule has 0 spiro atoms. The number of benzene rings is 1. The van der Waals surface area contributed by atoms with Crippen molar-refractivity contribution in [2.24, 2.45) is 5.92 Å². The van der Waals surface area contributed by atoms with Gasteiger partial charge in [0, 0.05) is 44.3 Å². The molecule has 2 atom stereocenters. The first-order valence-corrected chi connectivity index (χ1v) is 9.53. The van der Waals surface area contributed by atoms with Crippen LogP contribution in [0.15, 0.2) is 24.3 Å². The summed E-state index contributed by atoms with van der Waals surface area (Å²) < 4.78 is 18.7. The van der Waals surface area contributed by atoms with E-state index in [9.17, 15) is 14.0 Å². The van der Waals surface area contributed by atoms with Gasteiger partial charge in [-0.15, -0.1) is 0 Å². The molecule has 26 heavy (non-hydrogen) atoms. The Labute approximate surface area is 154 Å². The van der Waals surface area contributed by atoms with Crippen molar-refractivity contribution in [2.45, 2.75) is 38.7 Å². The third-order valence-electron chi connectivity index (χ3n) is 5.36. The maximum atomic E-state index is 13.0. The van der Waals surface area contributed by atoms with Crippen molar-refractivity contribution < 1.29 is 18.7 Å². The lowest BCUT2D eigenvalue weighted by molar-refractivity contribution is -0.140. The zero-order valence-electron chi connectivity index (χ0n) is 15.3. The molecule has 5 nitrogen and oxygen atoms in total. The zero-order chi connectivity index (χ0) is 18.5. The monoisotopic (exact) mass is 362 g/mol. The van der Waals surface area contributed by atoms with Crippen LogP contribution >= 0.6 is 0 Å². The lowest BCUT2D eigenvalue weighted by Gasteiger charge is -2.32. The van der Waals surface area contributed by atoms with Gasteiger partial charge in [0.1, 0.15) is 5.82 Å². The second-order valence-electron chi connectivity index (χ2n) is 7.10. The Kier molecular flexibility index (Phi) is 6.25. The number of carbonyl (C=O) groups is 2. The zero-order valence-corrected chi connectivity index (χ0v) is 15.3. The van der Waals surface area contributed by atoms with Crippen molar-refractivity contribution in [2.75, 3.05) is 32.8 Å². The first-order valence-electron chi connectivity index (χ1n) is 9.53. The average molecular weight is 362 g/mol. The first-order chi connectivity index (χ1) is 12.6. The van der Waals surface area contributed by atoms with Crippen LogP contribution < -0.4 is 0 Å². The van der Waals surface area contributed by atoms with Crippen LogP contribution in [0.3, 0.4) is 0 Å². The Morgan fingerprint density at radius 3 is 2.54 bits per heavy atom. The van der Waals surface area contributed by atoms with Gasteiger partial charge in [0.2, 0.25) is 5.91 Å². The van der Waals surface area contributed by atoms with E-state index in [0.29, 0.717) is 38.3 Å². The molecule has 2 saturated heterocycles. The lowest BCUT2D eigenvalue weighted by Crippen LogP contribution is -2.42. The summed E-state index contributed by atoms with van der Waals surface area (Å²) in [6.07, 6.45) is 3.46. The normalized spacial score (nSPS) is 24.2. The third-order valence-corrected chi connectivity index (χ3v) is 5.36. The van der Waals surface area contributed by atoms with E-state index in [4.69, 9.17) is 4.74 Å². The fraction of sp³-hybridized carbons (Fsp3) is 0.600. The second-order valence-corrected chi connectivity index (χ2v) is 7.10. The summed E-state index contributed by atoms with van der Waals surface area (Å²) in [6, 6.07) is 5.63. The highest BCUT2D eigenvalue weighted by Crippen LogP contribution is 2.24. The summed E-state index contributed by atoms with van der Waals surface area (Å²) in [7, 11) is 0. The SMILES string of the molecule is CCC1CC(C(=O)N2CCCN(C(=O)c3ccc(F)cc3)CC2)CCO1. The molecule has 1 aromatic carbocycles. The van der Waals surface area contributed by atoms with Gasteiger partial charge in [-0.2, -0.15) is 0 Å². The molecule has 0 N–H and O–H groups in total. The molecule has 0 aliphatic carbocycles. The molecule has 6 heteroatoms. The van der Waals surface area contributed by atoms with E-state index in [1.54, 1.807) is 4.90 Å². The minimum absolute atomic E-state index is 0.0352. The smallest absolute Gasteiger partial charge is 0.253 e. The number of ether oxygens (including phenoxy) is 1. The lowest BCUT2D eigenvalue weighted by atomic mass is 9.93. The Morgan fingerprint density at radius 1 is 1.12 bits per heavy atom. The van der Waals surface area contributed by atoms with Gasteiger partial charge in [-0.05, 0) is 49.9 Å². The summed E-state index contributed by atoms with van der Waals surface area (Å²) in [5, 5.41) is 0.